The molecule has 178 valence electrons. The van der Waals surface area contributed by atoms with Crippen LogP contribution in [0.25, 0.3) is 0 Å². The van der Waals surface area contributed by atoms with Crippen LogP contribution in [0.1, 0.15) is 40.5 Å². The summed E-state index contributed by atoms with van der Waals surface area (Å²) in [5, 5.41) is 18.9. The third-order valence-corrected chi connectivity index (χ3v) is 5.03. The van der Waals surface area contributed by atoms with E-state index in [1.54, 1.807) is 30.9 Å². The van der Waals surface area contributed by atoms with Gasteiger partial charge in [-0.15, -0.1) is 0 Å². The van der Waals surface area contributed by atoms with Gasteiger partial charge in [-0.3, -0.25) is 14.3 Å². The van der Waals surface area contributed by atoms with Crippen LogP contribution in [0.2, 0.25) is 0 Å². The first-order chi connectivity index (χ1) is 16.3. The van der Waals surface area contributed by atoms with E-state index in [4.69, 9.17) is 9.47 Å². The van der Waals surface area contributed by atoms with Crippen molar-refractivity contribution in [1.82, 2.24) is 15.1 Å². The SMILES string of the molecule is C[C@@H](CO)Oc1cc(Oc2ccc(C(=O)NC3CC3)cc2F)cc(C(=O)Nc2ccn(C)n2)c1. The number of aliphatic hydroxyl groups excluding tert-OH is 1. The molecule has 0 saturated heterocycles. The molecule has 2 amide bonds. The molecule has 1 aliphatic rings. The Morgan fingerprint density at radius 3 is 2.56 bits per heavy atom. The molecule has 9 nitrogen and oxygen atoms in total. The van der Waals surface area contributed by atoms with Crippen LogP contribution in [-0.4, -0.2) is 45.5 Å². The minimum absolute atomic E-state index is 0.119. The van der Waals surface area contributed by atoms with E-state index in [1.807, 2.05) is 0 Å². The number of hydrogen-bond acceptors (Lipinski definition) is 6. The molecular formula is C24H25FN4O5. The number of nitrogens with zero attached hydrogens (tertiary/aromatic N) is 2. The van der Waals surface area contributed by atoms with Crippen molar-refractivity contribution in [2.45, 2.75) is 31.9 Å². The molecule has 0 radical (unpaired) electrons. The number of ether oxygens (including phenoxy) is 2. The number of aryl methyl sites for hydroxylation is 1. The average Bonchev–Trinajstić information content (AvgIpc) is 3.53. The number of benzene rings is 2. The summed E-state index contributed by atoms with van der Waals surface area (Å²) in [5.74, 6) is -0.900. The van der Waals surface area contributed by atoms with Crippen molar-refractivity contribution in [2.24, 2.45) is 7.05 Å². The topological polar surface area (TPSA) is 115 Å². The van der Waals surface area contributed by atoms with Gasteiger partial charge in [0.2, 0.25) is 0 Å². The lowest BCUT2D eigenvalue weighted by Gasteiger charge is -2.15. The van der Waals surface area contributed by atoms with E-state index in [-0.39, 0.29) is 46.9 Å². The lowest BCUT2D eigenvalue weighted by Crippen LogP contribution is -2.25. The van der Waals surface area contributed by atoms with E-state index >= 15 is 0 Å². The number of nitrogens with one attached hydrogen (secondary N) is 2. The highest BCUT2D eigenvalue weighted by Crippen LogP contribution is 2.30. The van der Waals surface area contributed by atoms with E-state index < -0.39 is 17.8 Å². The van der Waals surface area contributed by atoms with Crippen LogP contribution in [0.15, 0.2) is 48.7 Å². The fourth-order valence-electron chi connectivity index (χ4n) is 3.12. The molecule has 0 spiro atoms. The predicted octanol–water partition coefficient (Wildman–Crippen LogP) is 3.26. The van der Waals surface area contributed by atoms with E-state index in [9.17, 15) is 19.1 Å². The van der Waals surface area contributed by atoms with E-state index in [0.29, 0.717) is 5.82 Å². The van der Waals surface area contributed by atoms with Gasteiger partial charge >= 0.3 is 0 Å². The summed E-state index contributed by atoms with van der Waals surface area (Å²) in [6, 6.07) is 10.1. The normalized spacial score (nSPS) is 13.8. The largest absolute Gasteiger partial charge is 0.488 e. The van der Waals surface area contributed by atoms with Gasteiger partial charge in [-0.1, -0.05) is 0 Å². The second-order valence-corrected chi connectivity index (χ2v) is 8.13. The quantitative estimate of drug-likeness (QED) is 0.444. The molecule has 2 aromatic carbocycles. The van der Waals surface area contributed by atoms with Crippen LogP contribution in [0, 0.1) is 5.82 Å². The first-order valence-electron chi connectivity index (χ1n) is 10.8. The Balaban J connectivity index is 1.57. The second-order valence-electron chi connectivity index (χ2n) is 8.13. The molecule has 1 saturated carbocycles. The van der Waals surface area contributed by atoms with Crippen molar-refractivity contribution < 1.29 is 28.6 Å². The van der Waals surface area contributed by atoms with Gasteiger partial charge in [0, 0.05) is 42.5 Å². The molecule has 0 aliphatic heterocycles. The highest BCUT2D eigenvalue weighted by molar-refractivity contribution is 6.04. The van der Waals surface area contributed by atoms with E-state index in [1.165, 1.54) is 30.3 Å². The van der Waals surface area contributed by atoms with Gasteiger partial charge in [0.1, 0.15) is 17.6 Å². The molecule has 10 heteroatoms. The summed E-state index contributed by atoms with van der Waals surface area (Å²) in [4.78, 5) is 24.9. The van der Waals surface area contributed by atoms with Gasteiger partial charge in [-0.25, -0.2) is 4.39 Å². The van der Waals surface area contributed by atoms with Crippen LogP contribution >= 0.6 is 0 Å². The number of rotatable bonds is 9. The summed E-state index contributed by atoms with van der Waals surface area (Å²) in [6.45, 7) is 1.42. The number of carbonyl (C=O) groups is 2. The molecule has 1 heterocycles. The maximum atomic E-state index is 14.7. The third-order valence-electron chi connectivity index (χ3n) is 5.03. The summed E-state index contributed by atoms with van der Waals surface area (Å²) < 4.78 is 27.6. The summed E-state index contributed by atoms with van der Waals surface area (Å²) in [6.07, 6.45) is 3.00. The zero-order valence-corrected chi connectivity index (χ0v) is 18.7. The minimum Gasteiger partial charge on any atom is -0.488 e. The van der Waals surface area contributed by atoms with Crippen molar-refractivity contribution in [2.75, 3.05) is 11.9 Å². The summed E-state index contributed by atoms with van der Waals surface area (Å²) >= 11 is 0. The van der Waals surface area contributed by atoms with Gasteiger partial charge in [-0.2, -0.15) is 5.10 Å². The lowest BCUT2D eigenvalue weighted by molar-refractivity contribution is 0.0949. The first kappa shape index (κ1) is 23.2. The monoisotopic (exact) mass is 468 g/mol. The zero-order chi connectivity index (χ0) is 24.2. The smallest absolute Gasteiger partial charge is 0.257 e. The van der Waals surface area contributed by atoms with Crippen LogP contribution < -0.4 is 20.1 Å². The lowest BCUT2D eigenvalue weighted by atomic mass is 10.1. The predicted molar refractivity (Wildman–Crippen MR) is 122 cm³/mol. The van der Waals surface area contributed by atoms with Crippen LogP contribution in [0.3, 0.4) is 0 Å². The Hall–Kier alpha value is -3.92. The Kier molecular flexibility index (Phi) is 6.78. The molecular weight excluding hydrogens is 443 g/mol. The Morgan fingerprint density at radius 1 is 1.15 bits per heavy atom. The Morgan fingerprint density at radius 2 is 1.91 bits per heavy atom. The number of aliphatic hydroxyl groups is 1. The van der Waals surface area contributed by atoms with Gasteiger partial charge < -0.3 is 25.2 Å². The van der Waals surface area contributed by atoms with Crippen LogP contribution in [-0.2, 0) is 7.05 Å². The number of hydrogen-bond donors (Lipinski definition) is 3. The van der Waals surface area contributed by atoms with Crippen molar-refractivity contribution in [3.63, 3.8) is 0 Å². The van der Waals surface area contributed by atoms with Crippen molar-refractivity contribution >= 4 is 17.6 Å². The van der Waals surface area contributed by atoms with E-state index in [0.717, 1.165) is 18.9 Å². The Bertz CT molecular complexity index is 1210. The number of halogens is 1. The van der Waals surface area contributed by atoms with Crippen molar-refractivity contribution in [3.8, 4) is 17.2 Å². The molecule has 1 atom stereocenters. The zero-order valence-electron chi connectivity index (χ0n) is 18.7. The fourth-order valence-corrected chi connectivity index (χ4v) is 3.12. The number of anilines is 1. The first-order valence-corrected chi connectivity index (χ1v) is 10.8. The summed E-state index contributed by atoms with van der Waals surface area (Å²) in [7, 11) is 1.72. The molecule has 3 N–H and O–H groups in total. The second kappa shape index (κ2) is 9.92. The minimum atomic E-state index is -0.724. The van der Waals surface area contributed by atoms with Crippen molar-refractivity contribution in [1.29, 1.82) is 0 Å². The number of amides is 2. The highest BCUT2D eigenvalue weighted by Gasteiger charge is 2.24. The van der Waals surface area contributed by atoms with Gasteiger partial charge in [0.25, 0.3) is 11.8 Å². The molecule has 0 bridgehead atoms. The van der Waals surface area contributed by atoms with Crippen molar-refractivity contribution in [3.05, 3.63) is 65.6 Å². The van der Waals surface area contributed by atoms with Crippen LogP contribution in [0.4, 0.5) is 10.2 Å². The van der Waals surface area contributed by atoms with E-state index in [2.05, 4.69) is 15.7 Å². The molecule has 4 rings (SSSR count). The van der Waals surface area contributed by atoms with Gasteiger partial charge in [-0.05, 0) is 50.1 Å². The molecule has 1 fully saturated rings. The maximum Gasteiger partial charge on any atom is 0.257 e. The molecule has 0 unspecified atom stereocenters. The third kappa shape index (κ3) is 5.90. The standard InChI is InChI=1S/C24H25FN4O5/c1-14(13-30)33-18-9-16(24(32)27-22-7-8-29(2)28-22)10-19(12-18)34-21-6-3-15(11-20(21)25)23(31)26-17-4-5-17/h3,6-12,14,17,30H,4-5,13H2,1-2H3,(H,26,31)(H,27,28,32)/t14-/m0/s1. The van der Waals surface area contributed by atoms with Crippen LogP contribution in [0.5, 0.6) is 17.2 Å². The summed E-state index contributed by atoms with van der Waals surface area (Å²) in [5.41, 5.74) is 0.380. The molecule has 34 heavy (non-hydrogen) atoms. The maximum absolute atomic E-state index is 14.7. The molecule has 1 aliphatic carbocycles. The molecule has 3 aromatic rings. The number of aromatic nitrogens is 2. The average molecular weight is 468 g/mol. The fraction of sp³-hybridized carbons (Fsp3) is 0.292. The highest BCUT2D eigenvalue weighted by atomic mass is 19.1. The molecule has 1 aromatic heterocycles. The van der Waals surface area contributed by atoms with Gasteiger partial charge in [0.15, 0.2) is 17.4 Å². The number of carbonyl (C=O) groups excluding carboxylic acids is 2. The van der Waals surface area contributed by atoms with Gasteiger partial charge in [0.05, 0.1) is 6.61 Å². The Labute approximate surface area is 195 Å².